The Balaban J connectivity index is 0.00000256. The fourth-order valence-electron chi connectivity index (χ4n) is 2.81. The number of hydrogen-bond acceptors (Lipinski definition) is 8. The Hall–Kier alpha value is -1.06. The zero-order valence-electron chi connectivity index (χ0n) is 17.8. The fraction of sp³-hybridized carbons (Fsp3) is 0.111. The van der Waals surface area contributed by atoms with Gasteiger partial charge >= 0.3 is 0 Å². The van der Waals surface area contributed by atoms with Gasteiger partial charge in [-0.15, -0.1) is 0 Å². The second-order valence-corrected chi connectivity index (χ2v) is 9.17. The monoisotopic (exact) mass is 497 g/mol. The van der Waals surface area contributed by atoms with Crippen molar-refractivity contribution in [2.75, 3.05) is 12.8 Å². The Morgan fingerprint density at radius 1 is 0.906 bits per heavy atom. The minimum absolute atomic E-state index is 0. The van der Waals surface area contributed by atoms with Crippen molar-refractivity contribution in [3.63, 3.8) is 0 Å². The Bertz CT molecular complexity index is 1410. The summed E-state index contributed by atoms with van der Waals surface area (Å²) in [6, 6.07) is 9.19. The van der Waals surface area contributed by atoms with Crippen molar-refractivity contribution in [1.82, 2.24) is 0 Å². The van der Waals surface area contributed by atoms with Gasteiger partial charge in [0.05, 0.1) is 29.1 Å². The van der Waals surface area contributed by atoms with Crippen molar-refractivity contribution in [2.45, 2.75) is 16.7 Å². The van der Waals surface area contributed by atoms with E-state index in [1.165, 1.54) is 25.3 Å². The normalized spacial score (nSPS) is 11.8. The first kappa shape index (κ1) is 29.0. The molecule has 3 aromatic carbocycles. The van der Waals surface area contributed by atoms with Gasteiger partial charge in [0.25, 0.3) is 20.2 Å². The number of hydrogen-bond donors (Lipinski definition) is 3. The minimum Gasteiger partial charge on any atom is -0.495 e. The first-order chi connectivity index (χ1) is 13.9. The molecule has 0 fully saturated rings. The van der Waals surface area contributed by atoms with Crippen LogP contribution in [0.15, 0.2) is 62.5 Å². The molecule has 14 heteroatoms. The number of azo groups is 1. The van der Waals surface area contributed by atoms with Gasteiger partial charge < -0.3 is 10.5 Å². The number of anilines is 1. The maximum absolute atomic E-state index is 11.8. The van der Waals surface area contributed by atoms with Crippen LogP contribution in [0.3, 0.4) is 0 Å². The van der Waals surface area contributed by atoms with Gasteiger partial charge in [0.15, 0.2) is 0 Å². The number of fused-ring (bicyclic) bond motifs is 1. The number of nitrogens with zero attached hydrogens (tertiary/aromatic N) is 2. The van der Waals surface area contributed by atoms with E-state index in [1.54, 1.807) is 19.1 Å². The summed E-state index contributed by atoms with van der Waals surface area (Å²) in [5.74, 6) is 0.416. The predicted molar refractivity (Wildman–Crippen MR) is 121 cm³/mol. The molecule has 0 aliphatic heterocycles. The van der Waals surface area contributed by atoms with Gasteiger partial charge in [-0.05, 0) is 48.2 Å². The summed E-state index contributed by atoms with van der Waals surface area (Å²) in [4.78, 5) is -1.35. The molecule has 32 heavy (non-hydrogen) atoms. The molecule has 0 unspecified atom stereocenters. The van der Waals surface area contributed by atoms with Gasteiger partial charge in [0.2, 0.25) is 0 Å². The summed E-state index contributed by atoms with van der Waals surface area (Å²) in [5, 5.41) is 8.36. The van der Waals surface area contributed by atoms with Crippen LogP contribution < -0.4 is 10.5 Å². The summed E-state index contributed by atoms with van der Waals surface area (Å²) in [6.45, 7) is 1.78. The molecule has 4 N–H and O–H groups in total. The van der Waals surface area contributed by atoms with E-state index in [4.69, 9.17) is 10.5 Å². The van der Waals surface area contributed by atoms with Gasteiger partial charge in [-0.1, -0.05) is 6.07 Å². The van der Waals surface area contributed by atoms with Crippen molar-refractivity contribution in [3.8, 4) is 5.75 Å². The molecule has 0 spiro atoms. The van der Waals surface area contributed by atoms with E-state index in [-0.39, 0.29) is 75.6 Å². The molecule has 0 aliphatic carbocycles. The fourth-order valence-corrected chi connectivity index (χ4v) is 4.15. The van der Waals surface area contributed by atoms with Gasteiger partial charge in [0, 0.05) is 70.6 Å². The zero-order chi connectivity index (χ0) is 22.3. The molecule has 0 aliphatic rings. The van der Waals surface area contributed by atoms with E-state index < -0.39 is 30.0 Å². The van der Waals surface area contributed by atoms with Crippen molar-refractivity contribution >= 4 is 107 Å². The van der Waals surface area contributed by atoms with Crippen LogP contribution in [0.1, 0.15) is 5.56 Å². The number of benzene rings is 3. The molecule has 0 amide bonds. The van der Waals surface area contributed by atoms with Crippen LogP contribution in [0.4, 0.5) is 17.1 Å². The van der Waals surface area contributed by atoms with E-state index >= 15 is 0 Å². The van der Waals surface area contributed by atoms with Crippen LogP contribution in [-0.2, 0) is 20.2 Å². The Morgan fingerprint density at radius 2 is 1.56 bits per heavy atom. The molecule has 160 valence electrons. The van der Waals surface area contributed by atoms with Crippen LogP contribution >= 0.6 is 0 Å². The van der Waals surface area contributed by atoms with Crippen molar-refractivity contribution in [1.29, 1.82) is 0 Å². The predicted octanol–water partition coefficient (Wildman–Crippen LogP) is 2.89. The van der Waals surface area contributed by atoms with Crippen LogP contribution in [-0.4, -0.2) is 92.2 Å². The third-order valence-electron chi connectivity index (χ3n) is 4.27. The average Bonchev–Trinajstić information content (AvgIpc) is 2.64. The molecule has 0 bridgehead atoms. The summed E-state index contributed by atoms with van der Waals surface area (Å²) in [6.07, 6.45) is 0. The van der Waals surface area contributed by atoms with Gasteiger partial charge in [0.1, 0.15) is 10.6 Å². The molecule has 0 heterocycles. The van der Waals surface area contributed by atoms with Crippen LogP contribution in [0.2, 0.25) is 0 Å². The maximum atomic E-state index is 11.8. The number of nitrogens with two attached hydrogens (primary N) is 1. The quantitative estimate of drug-likeness (QED) is 0.209. The summed E-state index contributed by atoms with van der Waals surface area (Å²) in [7, 11) is -8.02. The summed E-state index contributed by atoms with van der Waals surface area (Å²) >= 11 is 0. The minimum atomic E-state index is -4.79. The molecular weight excluding hydrogens is 480 g/mol. The van der Waals surface area contributed by atoms with E-state index in [9.17, 15) is 25.9 Å². The standard InChI is InChI=1S/C18H17N3O7S2.2Na/c1-10-5-15(19)17(28-2)9-16(10)21-20-12-4-3-11-6-13(29(22,23)24)8-18(14(11)7-12)30(25,26)27;;/h3-9H,19H2,1-2H3,(H,22,23,24)(H,25,26,27);;. The third-order valence-corrected chi connectivity index (χ3v) is 6.00. The van der Waals surface area contributed by atoms with Crippen LogP contribution in [0.25, 0.3) is 10.8 Å². The van der Waals surface area contributed by atoms with Crippen molar-refractivity contribution < 1.29 is 30.7 Å². The number of methoxy groups -OCH3 is 1. The Labute approximate surface area is 229 Å². The number of ether oxygens (including phenoxy) is 1. The van der Waals surface area contributed by atoms with Gasteiger partial charge in [-0.2, -0.15) is 27.1 Å². The Kier molecular flexibility index (Phi) is 9.88. The van der Waals surface area contributed by atoms with Crippen molar-refractivity contribution in [3.05, 3.63) is 48.0 Å². The number of rotatable bonds is 5. The van der Waals surface area contributed by atoms with Gasteiger partial charge in [-0.25, -0.2) is 0 Å². The molecule has 0 saturated carbocycles. The largest absolute Gasteiger partial charge is 0.495 e. The molecule has 0 atom stereocenters. The van der Waals surface area contributed by atoms with E-state index in [2.05, 4.69) is 10.2 Å². The van der Waals surface area contributed by atoms with Crippen molar-refractivity contribution in [2.24, 2.45) is 10.2 Å². The average molecular weight is 497 g/mol. The summed E-state index contributed by atoms with van der Waals surface area (Å²) in [5.41, 5.74) is 7.71. The van der Waals surface area contributed by atoms with E-state index in [0.717, 1.165) is 11.6 Å². The van der Waals surface area contributed by atoms with Gasteiger partial charge in [-0.3, -0.25) is 9.11 Å². The molecule has 2 radical (unpaired) electrons. The topological polar surface area (TPSA) is 169 Å². The second kappa shape index (κ2) is 10.9. The van der Waals surface area contributed by atoms with E-state index in [0.29, 0.717) is 23.2 Å². The SMILES string of the molecule is COc1cc(N=Nc2ccc3cc(S(=O)(=O)O)cc(S(=O)(=O)O)c3c2)c(C)cc1N.[Na].[Na]. The Morgan fingerprint density at radius 3 is 2.12 bits per heavy atom. The molecule has 0 aromatic heterocycles. The second-order valence-electron chi connectivity index (χ2n) is 6.36. The first-order valence-corrected chi connectivity index (χ1v) is 11.2. The molecular formula is C18H17N3Na2O7S2. The summed E-state index contributed by atoms with van der Waals surface area (Å²) < 4.78 is 70.3. The van der Waals surface area contributed by atoms with E-state index in [1.807, 2.05) is 0 Å². The molecule has 10 nitrogen and oxygen atoms in total. The zero-order valence-corrected chi connectivity index (χ0v) is 23.4. The number of nitrogen functional groups attached to an aromatic ring is 1. The van der Waals surface area contributed by atoms with Crippen LogP contribution in [0, 0.1) is 6.92 Å². The third kappa shape index (κ3) is 6.50. The molecule has 3 rings (SSSR count). The molecule has 0 saturated heterocycles. The number of aryl methyl sites for hydroxylation is 1. The van der Waals surface area contributed by atoms with Crippen LogP contribution in [0.5, 0.6) is 5.75 Å². The smallest absolute Gasteiger partial charge is 0.295 e. The molecule has 3 aromatic rings. The maximum Gasteiger partial charge on any atom is 0.295 e. The first-order valence-electron chi connectivity index (χ1n) is 8.29.